The van der Waals surface area contributed by atoms with Crippen molar-refractivity contribution >= 4 is 29.3 Å². The molecule has 0 saturated heterocycles. The molecule has 0 atom stereocenters. The first-order valence-electron chi connectivity index (χ1n) is 5.65. The number of carboxylic acids is 1. The van der Waals surface area contributed by atoms with Gasteiger partial charge in [0, 0.05) is 29.9 Å². The highest BCUT2D eigenvalue weighted by Crippen LogP contribution is 2.25. The number of carboxylic acid groups (broad SMARTS) is 1. The van der Waals surface area contributed by atoms with Crippen molar-refractivity contribution in [2.75, 3.05) is 18.0 Å². The minimum atomic E-state index is -0.979. The molecule has 0 heterocycles. The number of nitrogens with zero attached hydrogens (tertiary/aromatic N) is 1. The summed E-state index contributed by atoms with van der Waals surface area (Å²) < 4.78 is 0. The third-order valence-corrected chi connectivity index (χ3v) is 2.70. The van der Waals surface area contributed by atoms with Crippen LogP contribution in [0.25, 0.3) is 6.08 Å². The van der Waals surface area contributed by atoms with Gasteiger partial charge in [0.15, 0.2) is 0 Å². The molecule has 18 heavy (non-hydrogen) atoms. The molecule has 0 aliphatic heterocycles. The number of hydrogen-bond donors (Lipinski definition) is 1. The second kappa shape index (κ2) is 6.87. The van der Waals surface area contributed by atoms with Crippen molar-refractivity contribution in [2.24, 2.45) is 0 Å². The zero-order valence-corrected chi connectivity index (χ0v) is 11.0. The van der Waals surface area contributed by atoms with E-state index in [1.54, 1.807) is 18.2 Å². The topological polar surface area (TPSA) is 40.5 Å². The number of carbonyl (C=O) groups is 1. The molecule has 0 bridgehead atoms. The number of aliphatic carboxylic acids is 1. The van der Waals surface area contributed by atoms with Crippen LogP contribution in [0.5, 0.6) is 0 Å². The summed E-state index contributed by atoms with van der Waals surface area (Å²) in [4.78, 5) is 12.7. The van der Waals surface area contributed by atoms with Gasteiger partial charge in [0.05, 0.1) is 0 Å². The van der Waals surface area contributed by atoms with Gasteiger partial charge in [-0.2, -0.15) is 0 Å². The van der Waals surface area contributed by atoms with Gasteiger partial charge in [-0.3, -0.25) is 0 Å². The van der Waals surface area contributed by atoms with Crippen molar-refractivity contribution in [3.63, 3.8) is 0 Å². The highest BCUT2D eigenvalue weighted by Gasteiger charge is 2.07. The van der Waals surface area contributed by atoms with Gasteiger partial charge in [-0.25, -0.2) is 4.79 Å². The van der Waals surface area contributed by atoms with Gasteiger partial charge in [-0.15, -0.1) is 6.58 Å². The third kappa shape index (κ3) is 3.93. The summed E-state index contributed by atoms with van der Waals surface area (Å²) in [6.07, 6.45) is 4.47. The van der Waals surface area contributed by atoms with Crippen LogP contribution in [0.1, 0.15) is 12.5 Å². The van der Waals surface area contributed by atoms with Gasteiger partial charge < -0.3 is 10.0 Å². The van der Waals surface area contributed by atoms with Crippen LogP contribution < -0.4 is 4.90 Å². The van der Waals surface area contributed by atoms with Crippen LogP contribution in [0.2, 0.25) is 5.02 Å². The van der Waals surface area contributed by atoms with Crippen LogP contribution >= 0.6 is 11.6 Å². The average molecular weight is 266 g/mol. The molecule has 3 nitrogen and oxygen atoms in total. The molecule has 0 amide bonds. The third-order valence-electron chi connectivity index (χ3n) is 2.47. The monoisotopic (exact) mass is 265 g/mol. The van der Waals surface area contributed by atoms with Gasteiger partial charge in [0.25, 0.3) is 0 Å². The van der Waals surface area contributed by atoms with E-state index in [1.165, 1.54) is 0 Å². The van der Waals surface area contributed by atoms with Gasteiger partial charge in [-0.1, -0.05) is 17.7 Å². The van der Waals surface area contributed by atoms with E-state index in [1.807, 2.05) is 19.1 Å². The smallest absolute Gasteiger partial charge is 0.328 e. The fraction of sp³-hybridized carbons (Fsp3) is 0.214. The van der Waals surface area contributed by atoms with Crippen LogP contribution in [-0.2, 0) is 4.79 Å². The molecular weight excluding hydrogens is 250 g/mol. The Bertz CT molecular complexity index is 469. The van der Waals surface area contributed by atoms with Gasteiger partial charge >= 0.3 is 5.97 Å². The Labute approximate surface area is 112 Å². The van der Waals surface area contributed by atoms with Gasteiger partial charge in [0.2, 0.25) is 0 Å². The fourth-order valence-electron chi connectivity index (χ4n) is 1.66. The van der Waals surface area contributed by atoms with E-state index >= 15 is 0 Å². The molecule has 1 aromatic carbocycles. The Morgan fingerprint density at radius 3 is 2.83 bits per heavy atom. The minimum absolute atomic E-state index is 0.582. The van der Waals surface area contributed by atoms with Crippen molar-refractivity contribution in [1.29, 1.82) is 0 Å². The average Bonchev–Trinajstić information content (AvgIpc) is 2.34. The van der Waals surface area contributed by atoms with Gasteiger partial charge in [0.1, 0.15) is 0 Å². The molecule has 0 fully saturated rings. The quantitative estimate of drug-likeness (QED) is 0.633. The standard InChI is InChI=1S/C14H16ClNO2/c1-3-9-16(4-2)13-7-6-12(15)10-11(13)5-8-14(17)18/h3,5-8,10H,1,4,9H2,2H3,(H,17,18)/b8-5+. The maximum Gasteiger partial charge on any atom is 0.328 e. The zero-order chi connectivity index (χ0) is 13.5. The lowest BCUT2D eigenvalue weighted by Gasteiger charge is -2.23. The van der Waals surface area contributed by atoms with E-state index in [9.17, 15) is 4.79 Å². The Hall–Kier alpha value is -1.74. The summed E-state index contributed by atoms with van der Waals surface area (Å²) in [5, 5.41) is 9.27. The number of benzene rings is 1. The second-order valence-electron chi connectivity index (χ2n) is 3.70. The summed E-state index contributed by atoms with van der Waals surface area (Å²) in [5.41, 5.74) is 1.73. The van der Waals surface area contributed by atoms with Crippen molar-refractivity contribution in [3.05, 3.63) is 47.5 Å². The number of anilines is 1. The normalized spacial score (nSPS) is 10.6. The van der Waals surface area contributed by atoms with Crippen molar-refractivity contribution in [3.8, 4) is 0 Å². The van der Waals surface area contributed by atoms with Crippen LogP contribution in [-0.4, -0.2) is 24.2 Å². The fourth-order valence-corrected chi connectivity index (χ4v) is 1.84. The molecule has 1 N–H and O–H groups in total. The van der Waals surface area contributed by atoms with Crippen LogP contribution in [0, 0.1) is 0 Å². The zero-order valence-electron chi connectivity index (χ0n) is 10.3. The van der Waals surface area contributed by atoms with E-state index < -0.39 is 5.97 Å². The molecule has 96 valence electrons. The molecule has 0 saturated carbocycles. The molecule has 0 aliphatic carbocycles. The van der Waals surface area contributed by atoms with Gasteiger partial charge in [-0.05, 0) is 36.8 Å². The van der Waals surface area contributed by atoms with Crippen LogP contribution in [0.3, 0.4) is 0 Å². The largest absolute Gasteiger partial charge is 0.478 e. The van der Waals surface area contributed by atoms with E-state index in [4.69, 9.17) is 16.7 Å². The Balaban J connectivity index is 3.16. The molecule has 0 radical (unpaired) electrons. The minimum Gasteiger partial charge on any atom is -0.478 e. The van der Waals surface area contributed by atoms with Crippen molar-refractivity contribution in [1.82, 2.24) is 0 Å². The van der Waals surface area contributed by atoms with E-state index in [0.717, 1.165) is 23.9 Å². The molecule has 1 aromatic rings. The van der Waals surface area contributed by atoms with E-state index in [-0.39, 0.29) is 0 Å². The summed E-state index contributed by atoms with van der Waals surface area (Å²) >= 11 is 5.94. The Morgan fingerprint density at radius 2 is 2.28 bits per heavy atom. The first kappa shape index (κ1) is 14.3. The maximum absolute atomic E-state index is 10.6. The Kier molecular flexibility index (Phi) is 5.46. The number of hydrogen-bond acceptors (Lipinski definition) is 2. The highest BCUT2D eigenvalue weighted by atomic mass is 35.5. The lowest BCUT2D eigenvalue weighted by atomic mass is 10.1. The number of likely N-dealkylation sites (N-methyl/N-ethyl adjacent to an activating group) is 1. The molecule has 0 aromatic heterocycles. The van der Waals surface area contributed by atoms with Crippen LogP contribution in [0.15, 0.2) is 36.9 Å². The molecule has 4 heteroatoms. The molecule has 1 rings (SSSR count). The Morgan fingerprint density at radius 1 is 1.56 bits per heavy atom. The summed E-state index contributed by atoms with van der Waals surface area (Å²) in [6, 6.07) is 5.43. The SMILES string of the molecule is C=CCN(CC)c1ccc(Cl)cc1/C=C/C(=O)O. The number of halogens is 1. The highest BCUT2D eigenvalue weighted by molar-refractivity contribution is 6.30. The van der Waals surface area contributed by atoms with E-state index in [2.05, 4.69) is 11.5 Å². The first-order valence-corrected chi connectivity index (χ1v) is 6.02. The van der Waals surface area contributed by atoms with Crippen LogP contribution in [0.4, 0.5) is 5.69 Å². The summed E-state index contributed by atoms with van der Waals surface area (Å²) in [6.45, 7) is 7.25. The molecule has 0 unspecified atom stereocenters. The lowest BCUT2D eigenvalue weighted by molar-refractivity contribution is -0.131. The first-order chi connectivity index (χ1) is 8.58. The van der Waals surface area contributed by atoms with Crippen molar-refractivity contribution in [2.45, 2.75) is 6.92 Å². The predicted molar refractivity (Wildman–Crippen MR) is 76.2 cm³/mol. The molecule has 0 aliphatic rings. The number of rotatable bonds is 6. The lowest BCUT2D eigenvalue weighted by Crippen LogP contribution is -2.23. The van der Waals surface area contributed by atoms with Crippen molar-refractivity contribution < 1.29 is 9.90 Å². The molecular formula is C14H16ClNO2. The van der Waals surface area contributed by atoms with E-state index in [0.29, 0.717) is 11.6 Å². The molecule has 0 spiro atoms. The summed E-state index contributed by atoms with van der Waals surface area (Å²) in [5.74, 6) is -0.979. The summed E-state index contributed by atoms with van der Waals surface area (Å²) in [7, 11) is 0. The second-order valence-corrected chi connectivity index (χ2v) is 4.14. The maximum atomic E-state index is 10.6. The predicted octanol–water partition coefficient (Wildman–Crippen LogP) is 3.45.